The van der Waals surface area contributed by atoms with Gasteiger partial charge in [-0.15, -0.1) is 0 Å². The zero-order chi connectivity index (χ0) is 16.1. The van der Waals surface area contributed by atoms with Crippen molar-refractivity contribution >= 4 is 29.5 Å². The molecule has 2 N–H and O–H groups in total. The number of aromatic nitrogens is 1. The maximum Gasteiger partial charge on any atom is 0.340 e. The maximum atomic E-state index is 11.9. The molecule has 0 amide bonds. The molecule has 0 unspecified atom stereocenters. The molecule has 0 bridgehead atoms. The highest BCUT2D eigenvalue weighted by Crippen LogP contribution is 2.21. The van der Waals surface area contributed by atoms with E-state index in [0.29, 0.717) is 22.9 Å². The van der Waals surface area contributed by atoms with Crippen molar-refractivity contribution < 1.29 is 9.53 Å². The standard InChI is InChI=1S/C16H18ClN3O2/c1-4-22-16(21)15-10(2)14(19-11(15)3)9-18-20-13-8-6-5-7-12(13)17/h5-9,19-20H,4H2,1-3H3/b18-9+. The zero-order valence-corrected chi connectivity index (χ0v) is 13.5. The molecule has 22 heavy (non-hydrogen) atoms. The molecule has 6 heteroatoms. The van der Waals surface area contributed by atoms with Crippen molar-refractivity contribution in [1.29, 1.82) is 0 Å². The van der Waals surface area contributed by atoms with E-state index in [1.54, 1.807) is 19.2 Å². The molecule has 2 aromatic rings. The molecule has 0 radical (unpaired) electrons. The molecule has 0 atom stereocenters. The smallest absolute Gasteiger partial charge is 0.340 e. The second-order valence-corrected chi connectivity index (χ2v) is 5.14. The molecule has 1 aromatic heterocycles. The van der Waals surface area contributed by atoms with E-state index in [4.69, 9.17) is 16.3 Å². The molecule has 1 heterocycles. The summed E-state index contributed by atoms with van der Waals surface area (Å²) in [5, 5.41) is 4.74. The number of nitrogens with one attached hydrogen (secondary N) is 2. The van der Waals surface area contributed by atoms with Gasteiger partial charge in [0, 0.05) is 5.69 Å². The summed E-state index contributed by atoms with van der Waals surface area (Å²) >= 11 is 6.04. The fraction of sp³-hybridized carbons (Fsp3) is 0.250. The first-order valence-corrected chi connectivity index (χ1v) is 7.32. The number of hydrogen-bond donors (Lipinski definition) is 2. The Labute approximate surface area is 134 Å². The summed E-state index contributed by atoms with van der Waals surface area (Å²) in [6.07, 6.45) is 1.62. The fourth-order valence-corrected chi connectivity index (χ4v) is 2.31. The lowest BCUT2D eigenvalue weighted by molar-refractivity contribution is 0.0525. The molecule has 0 aliphatic heterocycles. The highest BCUT2D eigenvalue weighted by atomic mass is 35.5. The summed E-state index contributed by atoms with van der Waals surface area (Å²) in [4.78, 5) is 15.0. The van der Waals surface area contributed by atoms with Crippen LogP contribution in [0.25, 0.3) is 0 Å². The number of anilines is 1. The van der Waals surface area contributed by atoms with Crippen molar-refractivity contribution in [2.75, 3.05) is 12.0 Å². The molecule has 0 saturated carbocycles. The molecule has 0 spiro atoms. The number of aryl methyl sites for hydroxylation is 1. The number of benzene rings is 1. The van der Waals surface area contributed by atoms with Crippen molar-refractivity contribution in [3.63, 3.8) is 0 Å². The van der Waals surface area contributed by atoms with Gasteiger partial charge in [-0.3, -0.25) is 5.43 Å². The first-order valence-electron chi connectivity index (χ1n) is 6.94. The number of H-pyrrole nitrogens is 1. The van der Waals surface area contributed by atoms with Gasteiger partial charge in [0.2, 0.25) is 0 Å². The van der Waals surface area contributed by atoms with Gasteiger partial charge in [-0.05, 0) is 38.5 Å². The monoisotopic (exact) mass is 319 g/mol. The van der Waals surface area contributed by atoms with Crippen LogP contribution in [0.1, 0.15) is 34.2 Å². The third kappa shape index (κ3) is 3.49. The minimum atomic E-state index is -0.326. The van der Waals surface area contributed by atoms with Crippen molar-refractivity contribution in [3.05, 3.63) is 51.8 Å². The first-order chi connectivity index (χ1) is 10.5. The Morgan fingerprint density at radius 1 is 1.41 bits per heavy atom. The highest BCUT2D eigenvalue weighted by molar-refractivity contribution is 6.33. The van der Waals surface area contributed by atoms with Gasteiger partial charge in [0.05, 0.1) is 34.8 Å². The molecule has 0 fully saturated rings. The summed E-state index contributed by atoms with van der Waals surface area (Å²) in [6, 6.07) is 7.33. The minimum Gasteiger partial charge on any atom is -0.462 e. The number of ether oxygens (including phenoxy) is 1. The van der Waals surface area contributed by atoms with Crippen LogP contribution in [0.2, 0.25) is 5.02 Å². The van der Waals surface area contributed by atoms with Crippen LogP contribution in [-0.2, 0) is 4.74 Å². The summed E-state index contributed by atoms with van der Waals surface area (Å²) in [5.74, 6) is -0.326. The third-order valence-corrected chi connectivity index (χ3v) is 3.54. The molecule has 0 aliphatic carbocycles. The van der Waals surface area contributed by atoms with Gasteiger partial charge in [0.25, 0.3) is 0 Å². The lowest BCUT2D eigenvalue weighted by Gasteiger charge is -2.02. The minimum absolute atomic E-state index is 0.326. The number of halogens is 1. The van der Waals surface area contributed by atoms with E-state index in [9.17, 15) is 4.79 Å². The van der Waals surface area contributed by atoms with E-state index in [-0.39, 0.29) is 5.97 Å². The van der Waals surface area contributed by atoms with Gasteiger partial charge in [0.1, 0.15) is 0 Å². The second-order valence-electron chi connectivity index (χ2n) is 4.73. The quantitative estimate of drug-likeness (QED) is 0.499. The number of carbonyl (C=O) groups excluding carboxylic acids is 1. The second kappa shape index (κ2) is 7.13. The van der Waals surface area contributed by atoms with Crippen molar-refractivity contribution in [3.8, 4) is 0 Å². The largest absolute Gasteiger partial charge is 0.462 e. The molecule has 0 saturated heterocycles. The van der Waals surface area contributed by atoms with Crippen LogP contribution in [0.15, 0.2) is 29.4 Å². The molecule has 116 valence electrons. The number of carbonyl (C=O) groups is 1. The lowest BCUT2D eigenvalue weighted by Crippen LogP contribution is -2.06. The maximum absolute atomic E-state index is 11.9. The molecule has 2 rings (SSSR count). The Morgan fingerprint density at radius 2 is 2.14 bits per heavy atom. The first kappa shape index (κ1) is 16.1. The van der Waals surface area contributed by atoms with Gasteiger partial charge in [-0.2, -0.15) is 5.10 Å². The van der Waals surface area contributed by atoms with Crippen LogP contribution in [-0.4, -0.2) is 23.8 Å². The van der Waals surface area contributed by atoms with E-state index >= 15 is 0 Å². The Balaban J connectivity index is 2.17. The van der Waals surface area contributed by atoms with Gasteiger partial charge in [0.15, 0.2) is 0 Å². The average molecular weight is 320 g/mol. The molecule has 0 aliphatic rings. The number of rotatable bonds is 5. The van der Waals surface area contributed by atoms with Crippen LogP contribution in [0.5, 0.6) is 0 Å². The zero-order valence-electron chi connectivity index (χ0n) is 12.7. The summed E-state index contributed by atoms with van der Waals surface area (Å²) in [7, 11) is 0. The van der Waals surface area contributed by atoms with Gasteiger partial charge >= 0.3 is 5.97 Å². The predicted octanol–water partition coefficient (Wildman–Crippen LogP) is 3.91. The summed E-state index contributed by atoms with van der Waals surface area (Å²) in [6.45, 7) is 5.82. The topological polar surface area (TPSA) is 66.5 Å². The normalized spacial score (nSPS) is 10.9. The Hall–Kier alpha value is -2.27. The Morgan fingerprint density at radius 3 is 2.82 bits per heavy atom. The van der Waals surface area contributed by atoms with E-state index in [1.807, 2.05) is 32.0 Å². The highest BCUT2D eigenvalue weighted by Gasteiger charge is 2.18. The summed E-state index contributed by atoms with van der Waals surface area (Å²) in [5.41, 5.74) is 6.46. The SMILES string of the molecule is CCOC(=O)c1c(C)[nH]c(/C=N/Nc2ccccc2Cl)c1C. The lowest BCUT2D eigenvalue weighted by atomic mass is 10.1. The van der Waals surface area contributed by atoms with Crippen LogP contribution >= 0.6 is 11.6 Å². The fourth-order valence-electron chi connectivity index (χ4n) is 2.13. The predicted molar refractivity (Wildman–Crippen MR) is 88.9 cm³/mol. The van der Waals surface area contributed by atoms with Gasteiger partial charge < -0.3 is 9.72 Å². The van der Waals surface area contributed by atoms with E-state index in [0.717, 1.165) is 17.0 Å². The van der Waals surface area contributed by atoms with Gasteiger partial charge in [-0.1, -0.05) is 23.7 Å². The van der Waals surface area contributed by atoms with Crippen LogP contribution in [0.3, 0.4) is 0 Å². The Kier molecular flexibility index (Phi) is 5.22. The molecular weight excluding hydrogens is 302 g/mol. The number of nitrogens with zero attached hydrogens (tertiary/aromatic N) is 1. The third-order valence-electron chi connectivity index (χ3n) is 3.21. The van der Waals surface area contributed by atoms with Crippen molar-refractivity contribution in [1.82, 2.24) is 4.98 Å². The molecule has 1 aromatic carbocycles. The van der Waals surface area contributed by atoms with Crippen LogP contribution in [0, 0.1) is 13.8 Å². The number of hydrazone groups is 1. The van der Waals surface area contributed by atoms with E-state index in [1.165, 1.54) is 0 Å². The number of aromatic amines is 1. The van der Waals surface area contributed by atoms with Crippen LogP contribution < -0.4 is 5.43 Å². The summed E-state index contributed by atoms with van der Waals surface area (Å²) < 4.78 is 5.06. The van der Waals surface area contributed by atoms with E-state index in [2.05, 4.69) is 15.5 Å². The average Bonchev–Trinajstić information content (AvgIpc) is 2.76. The van der Waals surface area contributed by atoms with Crippen molar-refractivity contribution in [2.45, 2.75) is 20.8 Å². The number of esters is 1. The van der Waals surface area contributed by atoms with Crippen LogP contribution in [0.4, 0.5) is 5.69 Å². The van der Waals surface area contributed by atoms with Gasteiger partial charge in [-0.25, -0.2) is 4.79 Å². The Bertz CT molecular complexity index is 707. The van der Waals surface area contributed by atoms with E-state index < -0.39 is 0 Å². The van der Waals surface area contributed by atoms with Crippen molar-refractivity contribution in [2.24, 2.45) is 5.10 Å². The molecular formula is C16H18ClN3O2. The number of hydrogen-bond acceptors (Lipinski definition) is 4. The number of para-hydroxylation sites is 1. The molecule has 5 nitrogen and oxygen atoms in total.